The maximum atomic E-state index is 13.4. The molecule has 0 radical (unpaired) electrons. The third kappa shape index (κ3) is 5.48. The highest BCUT2D eigenvalue weighted by molar-refractivity contribution is 8.44. The number of fused-ring (bicyclic) bond motifs is 4. The van der Waals surface area contributed by atoms with Gasteiger partial charge >= 0.3 is 13.6 Å². The molecule has 6 N–H and O–H groups in total. The molecular weight excluding hydrogens is 666 g/mol. The topological polar surface area (TPSA) is 269 Å². The van der Waals surface area contributed by atoms with Crippen molar-refractivity contribution in [1.29, 1.82) is 0 Å². The molecule has 3 saturated heterocycles. The van der Waals surface area contributed by atoms with Gasteiger partial charge in [0.05, 0.1) is 38.3 Å². The van der Waals surface area contributed by atoms with Crippen molar-refractivity contribution in [2.24, 2.45) is 0 Å². The molecule has 0 aliphatic carbocycles. The predicted molar refractivity (Wildman–Crippen MR) is 154 cm³/mol. The summed E-state index contributed by atoms with van der Waals surface area (Å²) in [5, 5.41) is 22.5. The fourth-order valence-electron chi connectivity index (χ4n) is 5.18. The maximum absolute atomic E-state index is 13.4. The summed E-state index contributed by atoms with van der Waals surface area (Å²) in [6, 6.07) is 0. The summed E-state index contributed by atoms with van der Waals surface area (Å²) in [6.07, 6.45) is -5.10. The van der Waals surface area contributed by atoms with Crippen LogP contribution in [-0.2, 0) is 36.7 Å². The zero-order valence-electron chi connectivity index (χ0n) is 22.0. The molecule has 0 bridgehead atoms. The van der Waals surface area contributed by atoms with E-state index in [0.29, 0.717) is 11.0 Å². The summed E-state index contributed by atoms with van der Waals surface area (Å²) < 4.78 is 63.9. The lowest BCUT2D eigenvalue weighted by Crippen LogP contribution is -2.38. The lowest BCUT2D eigenvalue weighted by atomic mass is 10.1. The molecule has 4 aromatic rings. The molecule has 4 aromatic heterocycles. The van der Waals surface area contributed by atoms with Crippen LogP contribution in [0.4, 0.5) is 11.9 Å². The average Bonchev–Trinajstić information content (AvgIpc) is 3.71. The van der Waals surface area contributed by atoms with Crippen molar-refractivity contribution in [2.45, 2.75) is 49.1 Å². The number of nitrogens with two attached hydrogens (primary N) is 2. The highest BCUT2D eigenvalue weighted by Gasteiger charge is 2.53. The highest BCUT2D eigenvalue weighted by Crippen LogP contribution is 2.60. The molecule has 10 atom stereocenters. The van der Waals surface area contributed by atoms with Gasteiger partial charge in [-0.2, -0.15) is 9.97 Å². The van der Waals surface area contributed by atoms with E-state index in [2.05, 4.69) is 54.4 Å². The highest BCUT2D eigenvalue weighted by atomic mass is 32.7. The summed E-state index contributed by atoms with van der Waals surface area (Å²) in [5.41, 5.74) is 12.6. The summed E-state index contributed by atoms with van der Waals surface area (Å²) in [4.78, 5) is 24.4. The van der Waals surface area contributed by atoms with E-state index < -0.39 is 75.9 Å². The second-order valence-corrected chi connectivity index (χ2v) is 15.7. The Bertz CT molecular complexity index is 1700. The van der Waals surface area contributed by atoms with Crippen LogP contribution < -0.4 is 11.5 Å². The van der Waals surface area contributed by atoms with E-state index in [1.807, 2.05) is 0 Å². The number of nitrogen functional groups attached to an aromatic ring is 2. The Morgan fingerprint density at radius 1 is 0.750 bits per heavy atom. The van der Waals surface area contributed by atoms with Gasteiger partial charge in [-0.3, -0.25) is 27.2 Å². The number of aromatic nitrogens is 8. The molecule has 236 valence electrons. The van der Waals surface area contributed by atoms with Gasteiger partial charge in [0.1, 0.15) is 47.7 Å². The number of hydrogen-bond acceptors (Lipinski definition) is 18. The number of anilines is 2. The Balaban J connectivity index is 1.16. The normalized spacial score (nSPS) is 38.3. The quantitative estimate of drug-likeness (QED) is 0.121. The summed E-state index contributed by atoms with van der Waals surface area (Å²) in [5.74, 6) is -0.0925. The number of hydrogen-bond donors (Lipinski definition) is 6. The van der Waals surface area contributed by atoms with E-state index in [4.69, 9.17) is 39.0 Å². The van der Waals surface area contributed by atoms with E-state index in [-0.39, 0.29) is 23.2 Å². The van der Waals surface area contributed by atoms with Crippen LogP contribution in [0.1, 0.15) is 12.5 Å². The molecule has 20 nitrogen and oxygen atoms in total. The zero-order chi connectivity index (χ0) is 31.0. The first-order valence-electron chi connectivity index (χ1n) is 12.8. The Hall–Kier alpha value is -2.46. The van der Waals surface area contributed by atoms with Gasteiger partial charge in [0.15, 0.2) is 23.8 Å². The number of nitrogens with zero attached hydrogens (tertiary/aromatic N) is 8. The number of imidazole rings is 2. The molecule has 7 rings (SSSR count). The second kappa shape index (κ2) is 11.1. The van der Waals surface area contributed by atoms with Gasteiger partial charge in [-0.25, -0.2) is 29.1 Å². The first kappa shape index (κ1) is 30.2. The predicted octanol–water partition coefficient (Wildman–Crippen LogP) is 0.240. The van der Waals surface area contributed by atoms with Crippen LogP contribution >= 0.6 is 38.1 Å². The number of aliphatic hydroxyl groups is 2. The van der Waals surface area contributed by atoms with E-state index in [0.717, 1.165) is 0 Å². The van der Waals surface area contributed by atoms with Crippen LogP contribution in [0.5, 0.6) is 0 Å². The monoisotopic (exact) mass is 690 g/mol. The maximum Gasteiger partial charge on any atom is 0.386 e. The van der Waals surface area contributed by atoms with Gasteiger partial charge in [-0.1, -0.05) is 24.5 Å². The smallest absolute Gasteiger partial charge is 0.386 e. The molecule has 24 heteroatoms. The van der Waals surface area contributed by atoms with Gasteiger partial charge in [-0.05, 0) is 0 Å². The molecule has 0 saturated carbocycles. The SMILES string of the molecule is Nc1ncc2ncn([C@@H]3O[C@@H]4CO[P@@](=O)(S)O[C@H]5[C@@H](O)[C@H](n6cnc7cnc(N)nc76)O[C@@H]5CO[P@](=O)(S)O[C@H]4[C@H]3O)c2n1. The molecule has 44 heavy (non-hydrogen) atoms. The Morgan fingerprint density at radius 2 is 1.16 bits per heavy atom. The van der Waals surface area contributed by atoms with Crippen molar-refractivity contribution in [1.82, 2.24) is 39.0 Å². The van der Waals surface area contributed by atoms with Crippen molar-refractivity contribution >= 4 is 72.3 Å². The number of ether oxygens (including phenoxy) is 2. The average molecular weight is 691 g/mol. The minimum atomic E-state index is -4.26. The molecule has 0 spiro atoms. The number of rotatable bonds is 2. The van der Waals surface area contributed by atoms with Crippen LogP contribution in [0.3, 0.4) is 0 Å². The van der Waals surface area contributed by atoms with Gasteiger partial charge in [-0.15, -0.1) is 0 Å². The molecule has 0 amide bonds. The summed E-state index contributed by atoms with van der Waals surface area (Å²) in [7, 11) is 0. The minimum absolute atomic E-state index is 0.0462. The third-order valence-corrected chi connectivity index (χ3v) is 10.4. The third-order valence-electron chi connectivity index (χ3n) is 7.15. The molecule has 0 aromatic carbocycles. The van der Waals surface area contributed by atoms with Gasteiger partial charge in [0.25, 0.3) is 0 Å². The van der Waals surface area contributed by atoms with Crippen LogP contribution in [0.2, 0.25) is 0 Å². The van der Waals surface area contributed by atoms with Gasteiger partial charge < -0.3 is 31.2 Å². The minimum Gasteiger partial charge on any atom is -0.386 e. The van der Waals surface area contributed by atoms with Crippen LogP contribution in [0, 0.1) is 0 Å². The summed E-state index contributed by atoms with van der Waals surface area (Å²) >= 11 is 8.16. The molecule has 3 fully saturated rings. The number of aliphatic hydroxyl groups excluding tert-OH is 2. The number of thiol groups is 2. The Morgan fingerprint density at radius 3 is 1.57 bits per heavy atom. The standard InChI is InChI=1S/C20H24N10O10P2S2/c21-19-23-1-7-15(27-19)29(5-25-7)17-11(31)13-9(37-17)3-35-42(34,44)40-14-10(4-36-41(33,43)39-13)38-18(12(14)32)30-6-26-8-2-24-20(22)28-16(8)30/h1-2,5-6,9-14,17-18,31-32H,3-4H2,(H,33,43)(H,34,44)(H2,21,23,27)(H2,22,24,28)/t9-,10-,11-,12-,13-,14-,17-,18-,41-,42+/m1/s1. The molecular formula is C20H24N10O10P2S2. The lowest BCUT2D eigenvalue weighted by Gasteiger charge is -2.28. The molecule has 0 unspecified atom stereocenters. The largest absolute Gasteiger partial charge is 0.386 e. The molecule has 3 aliphatic rings. The van der Waals surface area contributed by atoms with Crippen molar-refractivity contribution in [2.75, 3.05) is 24.7 Å². The fourth-order valence-corrected chi connectivity index (χ4v) is 8.16. The van der Waals surface area contributed by atoms with Crippen molar-refractivity contribution in [3.63, 3.8) is 0 Å². The van der Waals surface area contributed by atoms with Crippen molar-refractivity contribution in [3.05, 3.63) is 25.0 Å². The van der Waals surface area contributed by atoms with Crippen LogP contribution in [0.25, 0.3) is 22.3 Å². The van der Waals surface area contributed by atoms with E-state index >= 15 is 0 Å². The van der Waals surface area contributed by atoms with Crippen molar-refractivity contribution in [3.8, 4) is 0 Å². The van der Waals surface area contributed by atoms with E-state index in [1.54, 1.807) is 0 Å². The summed E-state index contributed by atoms with van der Waals surface area (Å²) in [6.45, 7) is -9.59. The van der Waals surface area contributed by atoms with Crippen LogP contribution in [-0.4, -0.2) is 99.1 Å². The van der Waals surface area contributed by atoms with E-state index in [1.165, 1.54) is 34.2 Å². The molecule has 7 heterocycles. The first-order chi connectivity index (χ1) is 20.9. The van der Waals surface area contributed by atoms with Crippen molar-refractivity contribution < 1.29 is 46.9 Å². The first-order valence-corrected chi connectivity index (χ1v) is 18.2. The molecule has 3 aliphatic heterocycles. The van der Waals surface area contributed by atoms with Gasteiger partial charge in [0, 0.05) is 0 Å². The second-order valence-electron chi connectivity index (χ2n) is 9.96. The lowest BCUT2D eigenvalue weighted by molar-refractivity contribution is -0.0561. The van der Waals surface area contributed by atoms with Gasteiger partial charge in [0.2, 0.25) is 11.9 Å². The Kier molecular flexibility index (Phi) is 7.63. The fraction of sp³-hybridized carbons (Fsp3) is 0.500. The zero-order valence-corrected chi connectivity index (χ0v) is 25.6. The van der Waals surface area contributed by atoms with Crippen LogP contribution in [0.15, 0.2) is 25.0 Å². The Labute approximate surface area is 256 Å². The van der Waals surface area contributed by atoms with E-state index in [9.17, 15) is 19.3 Å².